The van der Waals surface area contributed by atoms with Gasteiger partial charge < -0.3 is 10.4 Å². The number of carboxylic acid groups (broad SMARTS) is 1. The van der Waals surface area contributed by atoms with Crippen LogP contribution in [0.25, 0.3) is 0 Å². The molecule has 1 saturated heterocycles. The molecule has 3 nitrogen and oxygen atoms in total. The van der Waals surface area contributed by atoms with Crippen molar-refractivity contribution in [1.29, 1.82) is 0 Å². The summed E-state index contributed by atoms with van der Waals surface area (Å²) in [6.45, 7) is 5.18. The molecular formula is C10H17NO2. The summed E-state index contributed by atoms with van der Waals surface area (Å²) in [4.78, 5) is 11.1. The van der Waals surface area contributed by atoms with Gasteiger partial charge in [0.25, 0.3) is 0 Å². The van der Waals surface area contributed by atoms with Crippen molar-refractivity contribution in [2.75, 3.05) is 13.1 Å². The molecule has 0 bridgehead atoms. The molecule has 0 aromatic rings. The zero-order valence-corrected chi connectivity index (χ0v) is 7.88. The van der Waals surface area contributed by atoms with Gasteiger partial charge >= 0.3 is 5.97 Å². The van der Waals surface area contributed by atoms with E-state index in [2.05, 4.69) is 11.9 Å². The Labute approximate surface area is 78.8 Å². The molecule has 13 heavy (non-hydrogen) atoms. The van der Waals surface area contributed by atoms with Crippen LogP contribution in [0, 0.1) is 5.41 Å². The number of aliphatic carboxylic acids is 1. The zero-order chi connectivity index (χ0) is 9.73. The van der Waals surface area contributed by atoms with Crippen LogP contribution in [-0.4, -0.2) is 24.2 Å². The first-order chi connectivity index (χ1) is 6.21. The van der Waals surface area contributed by atoms with E-state index >= 15 is 0 Å². The van der Waals surface area contributed by atoms with Crippen molar-refractivity contribution >= 4 is 5.97 Å². The van der Waals surface area contributed by atoms with Gasteiger partial charge in [0, 0.05) is 6.54 Å². The third kappa shape index (κ3) is 2.31. The summed E-state index contributed by atoms with van der Waals surface area (Å²) < 4.78 is 0. The van der Waals surface area contributed by atoms with Crippen molar-refractivity contribution in [2.45, 2.75) is 25.7 Å². The third-order valence-corrected chi connectivity index (χ3v) is 2.75. The molecule has 1 aliphatic heterocycles. The van der Waals surface area contributed by atoms with Crippen LogP contribution < -0.4 is 5.32 Å². The maximum absolute atomic E-state index is 11.1. The molecule has 1 aliphatic rings. The number of carboxylic acids is 1. The average molecular weight is 183 g/mol. The van der Waals surface area contributed by atoms with Crippen molar-refractivity contribution in [2.24, 2.45) is 5.41 Å². The van der Waals surface area contributed by atoms with Crippen LogP contribution in [0.2, 0.25) is 0 Å². The van der Waals surface area contributed by atoms with E-state index in [9.17, 15) is 4.79 Å². The number of rotatable bonds is 4. The van der Waals surface area contributed by atoms with E-state index in [1.165, 1.54) is 0 Å². The summed E-state index contributed by atoms with van der Waals surface area (Å²) in [6, 6.07) is 0. The Morgan fingerprint density at radius 3 is 2.92 bits per heavy atom. The van der Waals surface area contributed by atoms with E-state index < -0.39 is 11.4 Å². The molecule has 0 spiro atoms. The molecule has 0 aromatic heterocycles. The van der Waals surface area contributed by atoms with Crippen molar-refractivity contribution in [3.8, 4) is 0 Å². The van der Waals surface area contributed by atoms with Gasteiger partial charge in [-0.3, -0.25) is 4.79 Å². The molecule has 1 heterocycles. The van der Waals surface area contributed by atoms with Crippen LogP contribution >= 0.6 is 0 Å². The minimum atomic E-state index is -0.665. The smallest absolute Gasteiger partial charge is 0.310 e. The second-order valence-corrected chi connectivity index (χ2v) is 3.69. The molecule has 3 heteroatoms. The maximum Gasteiger partial charge on any atom is 0.310 e. The van der Waals surface area contributed by atoms with E-state index in [1.807, 2.05) is 0 Å². The van der Waals surface area contributed by atoms with E-state index in [0.29, 0.717) is 13.0 Å². The van der Waals surface area contributed by atoms with E-state index in [4.69, 9.17) is 5.11 Å². The first-order valence-electron chi connectivity index (χ1n) is 4.76. The molecule has 74 valence electrons. The highest BCUT2D eigenvalue weighted by Gasteiger charge is 2.38. The van der Waals surface area contributed by atoms with Crippen LogP contribution in [0.1, 0.15) is 25.7 Å². The lowest BCUT2D eigenvalue weighted by atomic mass is 9.77. The quantitative estimate of drug-likeness (QED) is 0.648. The number of hydrogen-bond acceptors (Lipinski definition) is 2. The molecule has 0 aliphatic carbocycles. The number of allylic oxidation sites excluding steroid dienone is 1. The molecule has 1 fully saturated rings. The average Bonchev–Trinajstić information content (AvgIpc) is 2.16. The lowest BCUT2D eigenvalue weighted by molar-refractivity contribution is -0.150. The molecule has 2 N–H and O–H groups in total. The Morgan fingerprint density at radius 2 is 2.46 bits per heavy atom. The predicted octanol–water partition coefficient (Wildman–Crippen LogP) is 1.41. The SMILES string of the molecule is C=CCCC1(C(=O)O)CCCNC1. The Balaban J connectivity index is 2.61. The highest BCUT2D eigenvalue weighted by atomic mass is 16.4. The van der Waals surface area contributed by atoms with Gasteiger partial charge in [-0.25, -0.2) is 0 Å². The fraction of sp³-hybridized carbons (Fsp3) is 0.700. The zero-order valence-electron chi connectivity index (χ0n) is 7.88. The van der Waals surface area contributed by atoms with Crippen molar-refractivity contribution < 1.29 is 9.90 Å². The molecule has 0 aromatic carbocycles. The molecule has 0 amide bonds. The molecule has 0 radical (unpaired) electrons. The lowest BCUT2D eigenvalue weighted by Crippen LogP contribution is -2.45. The van der Waals surface area contributed by atoms with Crippen molar-refractivity contribution in [3.63, 3.8) is 0 Å². The van der Waals surface area contributed by atoms with Crippen LogP contribution in [0.4, 0.5) is 0 Å². The fourth-order valence-corrected chi connectivity index (χ4v) is 1.85. The van der Waals surface area contributed by atoms with Gasteiger partial charge in [-0.1, -0.05) is 6.08 Å². The minimum Gasteiger partial charge on any atom is -0.481 e. The molecule has 1 atom stereocenters. The second-order valence-electron chi connectivity index (χ2n) is 3.69. The number of hydrogen-bond donors (Lipinski definition) is 2. The summed E-state index contributed by atoms with van der Waals surface area (Å²) >= 11 is 0. The Morgan fingerprint density at radius 1 is 1.69 bits per heavy atom. The van der Waals surface area contributed by atoms with E-state index in [0.717, 1.165) is 25.8 Å². The topological polar surface area (TPSA) is 49.3 Å². The van der Waals surface area contributed by atoms with Gasteiger partial charge in [0.2, 0.25) is 0 Å². The van der Waals surface area contributed by atoms with Gasteiger partial charge in [-0.15, -0.1) is 6.58 Å². The Bertz CT molecular complexity index is 195. The molecule has 0 saturated carbocycles. The third-order valence-electron chi connectivity index (χ3n) is 2.75. The fourth-order valence-electron chi connectivity index (χ4n) is 1.85. The standard InChI is InChI=1S/C10H17NO2/c1-2-3-5-10(9(12)13)6-4-7-11-8-10/h2,11H,1,3-8H2,(H,12,13). The van der Waals surface area contributed by atoms with Crippen LogP contribution in [0.5, 0.6) is 0 Å². The van der Waals surface area contributed by atoms with Gasteiger partial charge in [0.15, 0.2) is 0 Å². The van der Waals surface area contributed by atoms with Crippen molar-refractivity contribution in [1.82, 2.24) is 5.32 Å². The lowest BCUT2D eigenvalue weighted by Gasteiger charge is -2.33. The van der Waals surface area contributed by atoms with Crippen LogP contribution in [-0.2, 0) is 4.79 Å². The first-order valence-corrected chi connectivity index (χ1v) is 4.76. The molecule has 1 rings (SSSR count). The minimum absolute atomic E-state index is 0.535. The van der Waals surface area contributed by atoms with E-state index in [1.54, 1.807) is 6.08 Å². The first kappa shape index (κ1) is 10.3. The van der Waals surface area contributed by atoms with Gasteiger partial charge in [0.1, 0.15) is 0 Å². The van der Waals surface area contributed by atoms with Crippen LogP contribution in [0.15, 0.2) is 12.7 Å². The van der Waals surface area contributed by atoms with Crippen LogP contribution in [0.3, 0.4) is 0 Å². The number of carbonyl (C=O) groups is 1. The van der Waals surface area contributed by atoms with Gasteiger partial charge in [-0.2, -0.15) is 0 Å². The Hall–Kier alpha value is -0.830. The Kier molecular flexibility index (Phi) is 3.48. The predicted molar refractivity (Wildman–Crippen MR) is 51.6 cm³/mol. The highest BCUT2D eigenvalue weighted by Crippen LogP contribution is 2.31. The monoisotopic (exact) mass is 183 g/mol. The summed E-state index contributed by atoms with van der Waals surface area (Å²) in [5.41, 5.74) is -0.535. The summed E-state index contributed by atoms with van der Waals surface area (Å²) in [6.07, 6.45) is 5.04. The van der Waals surface area contributed by atoms with E-state index in [-0.39, 0.29) is 0 Å². The highest BCUT2D eigenvalue weighted by molar-refractivity contribution is 5.75. The summed E-state index contributed by atoms with van der Waals surface area (Å²) in [7, 11) is 0. The van der Waals surface area contributed by atoms with Crippen molar-refractivity contribution in [3.05, 3.63) is 12.7 Å². The summed E-state index contributed by atoms with van der Waals surface area (Å²) in [5.74, 6) is -0.665. The molecule has 1 unspecified atom stereocenters. The van der Waals surface area contributed by atoms with Gasteiger partial charge in [0.05, 0.1) is 5.41 Å². The van der Waals surface area contributed by atoms with Gasteiger partial charge in [-0.05, 0) is 32.2 Å². The molecular weight excluding hydrogens is 166 g/mol. The largest absolute Gasteiger partial charge is 0.481 e. The summed E-state index contributed by atoms with van der Waals surface area (Å²) in [5, 5.41) is 12.3. The number of nitrogens with one attached hydrogen (secondary N) is 1. The maximum atomic E-state index is 11.1. The second kappa shape index (κ2) is 4.42. The number of piperidine rings is 1. The normalized spacial score (nSPS) is 28.3.